The van der Waals surface area contributed by atoms with E-state index >= 15 is 0 Å². The molecular formula is C8H13ClO3. The summed E-state index contributed by atoms with van der Waals surface area (Å²) in [7, 11) is 1.28. The maximum atomic E-state index is 11.0. The Balaban J connectivity index is 4.26. The number of alkyl halides is 1. The molecule has 0 aromatic heterocycles. The molecule has 0 heterocycles. The first kappa shape index (κ1) is 11.3. The molecule has 0 aromatic carbocycles. The van der Waals surface area contributed by atoms with Crippen molar-refractivity contribution in [3.8, 4) is 0 Å². The average Bonchev–Trinajstić information content (AvgIpc) is 2.04. The van der Waals surface area contributed by atoms with Gasteiger partial charge in [0.15, 0.2) is 0 Å². The van der Waals surface area contributed by atoms with Crippen LogP contribution in [0.5, 0.6) is 0 Å². The number of hydrogen-bond acceptors (Lipinski definition) is 3. The Morgan fingerprint density at radius 2 is 2.17 bits per heavy atom. The van der Waals surface area contributed by atoms with Crippen LogP contribution in [0.1, 0.15) is 19.8 Å². The summed E-state index contributed by atoms with van der Waals surface area (Å²) in [5, 5.41) is 9.08. The zero-order chi connectivity index (χ0) is 9.56. The molecule has 1 N–H and O–H groups in total. The van der Waals surface area contributed by atoms with E-state index in [9.17, 15) is 4.79 Å². The number of halogens is 1. The number of aliphatic hydroxyl groups is 1. The molecule has 0 saturated carbocycles. The highest BCUT2D eigenvalue weighted by molar-refractivity contribution is 6.17. The van der Waals surface area contributed by atoms with E-state index < -0.39 is 5.97 Å². The molecule has 0 unspecified atom stereocenters. The minimum absolute atomic E-state index is 0.00645. The van der Waals surface area contributed by atoms with Crippen LogP contribution in [0, 0.1) is 0 Å². The SMILES string of the molecule is COC(=O)/C(CCCCl)=C(\C)O. The normalized spacial score (nSPS) is 12.2. The third-order valence-corrected chi connectivity index (χ3v) is 1.70. The largest absolute Gasteiger partial charge is 0.512 e. The summed E-state index contributed by atoms with van der Waals surface area (Å²) >= 11 is 5.44. The number of carbonyl (C=O) groups excluding carboxylic acids is 1. The molecule has 0 fully saturated rings. The van der Waals surface area contributed by atoms with Gasteiger partial charge in [-0.3, -0.25) is 0 Å². The van der Waals surface area contributed by atoms with Gasteiger partial charge < -0.3 is 9.84 Å². The van der Waals surface area contributed by atoms with Crippen LogP contribution >= 0.6 is 11.6 Å². The highest BCUT2D eigenvalue weighted by Crippen LogP contribution is 2.11. The predicted octanol–water partition coefficient (Wildman–Crippen LogP) is 2.01. The molecule has 0 aliphatic heterocycles. The molecule has 0 saturated heterocycles. The quantitative estimate of drug-likeness (QED) is 0.321. The fourth-order valence-electron chi connectivity index (χ4n) is 0.797. The van der Waals surface area contributed by atoms with Crippen LogP contribution in [0.15, 0.2) is 11.3 Å². The molecule has 0 radical (unpaired) electrons. The van der Waals surface area contributed by atoms with Gasteiger partial charge in [-0.05, 0) is 19.8 Å². The van der Waals surface area contributed by atoms with Gasteiger partial charge in [-0.1, -0.05) is 0 Å². The summed E-state index contributed by atoms with van der Waals surface area (Å²) in [6.07, 6.45) is 1.11. The second kappa shape index (κ2) is 5.89. The maximum Gasteiger partial charge on any atom is 0.337 e. The van der Waals surface area contributed by atoms with Gasteiger partial charge in [0, 0.05) is 5.88 Å². The third kappa shape index (κ3) is 3.62. The van der Waals surface area contributed by atoms with Gasteiger partial charge in [0.1, 0.15) is 0 Å². The van der Waals surface area contributed by atoms with Crippen molar-refractivity contribution in [2.24, 2.45) is 0 Å². The Morgan fingerprint density at radius 1 is 1.58 bits per heavy atom. The highest BCUT2D eigenvalue weighted by atomic mass is 35.5. The molecule has 0 aromatic rings. The highest BCUT2D eigenvalue weighted by Gasteiger charge is 2.12. The number of rotatable bonds is 4. The monoisotopic (exact) mass is 192 g/mol. The fourth-order valence-corrected chi connectivity index (χ4v) is 0.931. The molecule has 12 heavy (non-hydrogen) atoms. The van der Waals surface area contributed by atoms with Crippen molar-refractivity contribution in [2.75, 3.05) is 13.0 Å². The van der Waals surface area contributed by atoms with Gasteiger partial charge in [0.2, 0.25) is 0 Å². The smallest absolute Gasteiger partial charge is 0.337 e. The minimum Gasteiger partial charge on any atom is -0.512 e. The van der Waals surface area contributed by atoms with Crippen LogP contribution in [0.3, 0.4) is 0 Å². The summed E-state index contributed by atoms with van der Waals surface area (Å²) in [6.45, 7) is 1.46. The van der Waals surface area contributed by atoms with Gasteiger partial charge in [0.25, 0.3) is 0 Å². The number of methoxy groups -OCH3 is 1. The topological polar surface area (TPSA) is 46.5 Å². The zero-order valence-corrected chi connectivity index (χ0v) is 8.02. The maximum absolute atomic E-state index is 11.0. The van der Waals surface area contributed by atoms with E-state index in [0.29, 0.717) is 24.3 Å². The number of allylic oxidation sites excluding steroid dienone is 1. The lowest BCUT2D eigenvalue weighted by Crippen LogP contribution is -2.07. The Hall–Kier alpha value is -0.700. The summed E-state index contributed by atoms with van der Waals surface area (Å²) in [6, 6.07) is 0. The van der Waals surface area contributed by atoms with Crippen molar-refractivity contribution >= 4 is 17.6 Å². The third-order valence-electron chi connectivity index (χ3n) is 1.43. The molecule has 0 bridgehead atoms. The molecule has 3 nitrogen and oxygen atoms in total. The first-order valence-corrected chi connectivity index (χ1v) is 4.20. The second-order valence-corrected chi connectivity index (χ2v) is 2.73. The first-order chi connectivity index (χ1) is 5.63. The van der Waals surface area contributed by atoms with E-state index in [1.165, 1.54) is 14.0 Å². The minimum atomic E-state index is -0.486. The number of aliphatic hydroxyl groups excluding tert-OH is 1. The van der Waals surface area contributed by atoms with Crippen LogP contribution in [0.4, 0.5) is 0 Å². The second-order valence-electron chi connectivity index (χ2n) is 2.35. The van der Waals surface area contributed by atoms with Gasteiger partial charge in [-0.15, -0.1) is 11.6 Å². The Labute approximate surface area is 77.0 Å². The van der Waals surface area contributed by atoms with Gasteiger partial charge in [-0.2, -0.15) is 0 Å². The molecule has 0 aliphatic rings. The lowest BCUT2D eigenvalue weighted by Gasteiger charge is -2.04. The van der Waals surface area contributed by atoms with Crippen molar-refractivity contribution in [2.45, 2.75) is 19.8 Å². The van der Waals surface area contributed by atoms with Crippen molar-refractivity contribution in [1.29, 1.82) is 0 Å². The van der Waals surface area contributed by atoms with Crippen LogP contribution < -0.4 is 0 Å². The molecule has 0 spiro atoms. The van der Waals surface area contributed by atoms with E-state index in [1.54, 1.807) is 0 Å². The van der Waals surface area contributed by atoms with Gasteiger partial charge >= 0.3 is 5.97 Å². The summed E-state index contributed by atoms with van der Waals surface area (Å²) in [5.41, 5.74) is 0.304. The van der Waals surface area contributed by atoms with Crippen molar-refractivity contribution < 1.29 is 14.6 Å². The lowest BCUT2D eigenvalue weighted by molar-refractivity contribution is -0.136. The molecule has 0 amide bonds. The van der Waals surface area contributed by atoms with Crippen molar-refractivity contribution in [3.05, 3.63) is 11.3 Å². The number of esters is 1. The van der Waals surface area contributed by atoms with Crippen LogP contribution in [-0.4, -0.2) is 24.1 Å². The molecular weight excluding hydrogens is 180 g/mol. The number of ether oxygens (including phenoxy) is 1. The fraction of sp³-hybridized carbons (Fsp3) is 0.625. The molecule has 0 aliphatic carbocycles. The number of hydrogen-bond donors (Lipinski definition) is 1. The van der Waals surface area contributed by atoms with E-state index in [-0.39, 0.29) is 5.76 Å². The van der Waals surface area contributed by atoms with Gasteiger partial charge in [-0.25, -0.2) is 4.79 Å². The predicted molar refractivity (Wildman–Crippen MR) is 47.3 cm³/mol. The zero-order valence-electron chi connectivity index (χ0n) is 7.26. The van der Waals surface area contributed by atoms with Crippen molar-refractivity contribution in [1.82, 2.24) is 0 Å². The molecule has 0 rings (SSSR count). The molecule has 0 atom stereocenters. The van der Waals surface area contributed by atoms with Crippen LogP contribution in [-0.2, 0) is 9.53 Å². The molecule has 70 valence electrons. The Morgan fingerprint density at radius 3 is 2.50 bits per heavy atom. The van der Waals surface area contributed by atoms with Gasteiger partial charge in [0.05, 0.1) is 18.4 Å². The first-order valence-electron chi connectivity index (χ1n) is 3.66. The van der Waals surface area contributed by atoms with Crippen LogP contribution in [0.2, 0.25) is 0 Å². The standard InChI is InChI=1S/C8H13ClO3/c1-6(10)7(4-3-5-9)8(11)12-2/h10H,3-5H2,1-2H3/b7-6+. The lowest BCUT2D eigenvalue weighted by atomic mass is 10.1. The summed E-state index contributed by atoms with van der Waals surface area (Å²) in [5.74, 6) is -0.0135. The average molecular weight is 193 g/mol. The van der Waals surface area contributed by atoms with E-state index in [4.69, 9.17) is 16.7 Å². The number of carbonyl (C=O) groups is 1. The Bertz CT molecular complexity index is 183. The van der Waals surface area contributed by atoms with E-state index in [0.717, 1.165) is 0 Å². The summed E-state index contributed by atoms with van der Waals surface area (Å²) in [4.78, 5) is 11.0. The van der Waals surface area contributed by atoms with Crippen molar-refractivity contribution in [3.63, 3.8) is 0 Å². The Kier molecular flexibility index (Phi) is 5.54. The van der Waals surface area contributed by atoms with E-state index in [1.807, 2.05) is 0 Å². The van der Waals surface area contributed by atoms with Crippen LogP contribution in [0.25, 0.3) is 0 Å². The van der Waals surface area contributed by atoms with E-state index in [2.05, 4.69) is 4.74 Å². The summed E-state index contributed by atoms with van der Waals surface area (Å²) < 4.78 is 4.47. The molecule has 4 heteroatoms.